The number of aldehydes is 1. The molecule has 0 saturated heterocycles. The molecular weight excluding hydrogens is 132 g/mol. The largest absolute Gasteiger partial charge is 0.423 e. The normalized spacial score (nSPS) is 8.30. The molecule has 0 aromatic rings. The Morgan fingerprint density at radius 2 is 1.80 bits per heavy atom. The van der Waals surface area contributed by atoms with Crippen LogP contribution in [0.5, 0.6) is 0 Å². The first-order valence-electron chi connectivity index (χ1n) is 2.89. The molecule has 3 heteroatoms. The molecule has 0 rings (SSSR count). The highest BCUT2D eigenvalue weighted by Gasteiger charge is 2.00. The van der Waals surface area contributed by atoms with Crippen LogP contribution >= 0.6 is 0 Å². The molecule has 0 N–H and O–H groups in total. The number of hydrogen-bond donors (Lipinski definition) is 0. The third-order valence-corrected chi connectivity index (χ3v) is 0.854. The molecule has 10 heavy (non-hydrogen) atoms. The molecule has 0 aromatic carbocycles. The summed E-state index contributed by atoms with van der Waals surface area (Å²) in [6, 6.07) is 0. The van der Waals surface area contributed by atoms with E-state index in [0.717, 1.165) is 0 Å². The van der Waals surface area contributed by atoms with Gasteiger partial charge in [0.25, 0.3) is 0 Å². The Morgan fingerprint density at radius 1 is 1.30 bits per heavy atom. The molecule has 0 amide bonds. The second kappa shape index (κ2) is 3.82. The molecule has 0 radical (unpaired) electrons. The summed E-state index contributed by atoms with van der Waals surface area (Å²) in [4.78, 5) is 20.4. The van der Waals surface area contributed by atoms with Gasteiger partial charge in [0, 0.05) is 6.92 Å². The quantitative estimate of drug-likeness (QED) is 0.250. The summed E-state index contributed by atoms with van der Waals surface area (Å²) < 4.78 is 4.53. The lowest BCUT2D eigenvalue weighted by molar-refractivity contribution is -0.138. The van der Waals surface area contributed by atoms with Crippen LogP contribution in [0.1, 0.15) is 20.8 Å². The van der Waals surface area contributed by atoms with Crippen molar-refractivity contribution in [1.82, 2.24) is 0 Å². The zero-order valence-corrected chi connectivity index (χ0v) is 6.30. The fourth-order valence-corrected chi connectivity index (χ4v) is 0.399. The van der Waals surface area contributed by atoms with E-state index in [1.54, 1.807) is 13.8 Å². The topological polar surface area (TPSA) is 43.4 Å². The molecule has 0 unspecified atom stereocenters. The van der Waals surface area contributed by atoms with Crippen molar-refractivity contribution in [3.05, 3.63) is 11.3 Å². The third kappa shape index (κ3) is 3.02. The van der Waals surface area contributed by atoms with Crippen molar-refractivity contribution in [2.24, 2.45) is 0 Å². The minimum absolute atomic E-state index is 0.104. The first kappa shape index (κ1) is 8.88. The Hall–Kier alpha value is -1.12. The average Bonchev–Trinajstić information content (AvgIpc) is 1.81. The number of carbonyl (C=O) groups excluding carboxylic acids is 2. The standard InChI is InChI=1S/C7H10O3/c1-5(2)7(4-8)10-6(3)9/h4H,1-3H3. The van der Waals surface area contributed by atoms with Crippen molar-refractivity contribution in [1.29, 1.82) is 0 Å². The zero-order chi connectivity index (χ0) is 8.15. The van der Waals surface area contributed by atoms with E-state index in [-0.39, 0.29) is 5.76 Å². The Labute approximate surface area is 59.7 Å². The van der Waals surface area contributed by atoms with Crippen molar-refractivity contribution in [2.75, 3.05) is 0 Å². The second-order valence-corrected chi connectivity index (χ2v) is 2.08. The molecular formula is C7H10O3. The van der Waals surface area contributed by atoms with Gasteiger partial charge in [-0.2, -0.15) is 0 Å². The highest BCUT2D eigenvalue weighted by Crippen LogP contribution is 2.01. The molecule has 0 heterocycles. The minimum Gasteiger partial charge on any atom is -0.423 e. The maximum Gasteiger partial charge on any atom is 0.308 e. The molecule has 0 aliphatic heterocycles. The summed E-state index contributed by atoms with van der Waals surface area (Å²) in [5.74, 6) is -0.365. The van der Waals surface area contributed by atoms with Gasteiger partial charge in [-0.15, -0.1) is 0 Å². The first-order valence-corrected chi connectivity index (χ1v) is 2.89. The van der Waals surface area contributed by atoms with Crippen LogP contribution < -0.4 is 0 Å². The molecule has 0 bridgehead atoms. The Bertz CT molecular complexity index is 175. The Balaban J connectivity index is 4.25. The van der Waals surface area contributed by atoms with Crippen LogP contribution in [0.25, 0.3) is 0 Å². The van der Waals surface area contributed by atoms with Crippen LogP contribution in [0.15, 0.2) is 11.3 Å². The molecule has 56 valence electrons. The maximum atomic E-state index is 10.3. The van der Waals surface area contributed by atoms with Gasteiger partial charge >= 0.3 is 5.97 Å². The van der Waals surface area contributed by atoms with E-state index in [4.69, 9.17) is 0 Å². The summed E-state index contributed by atoms with van der Waals surface area (Å²) in [6.45, 7) is 4.66. The average molecular weight is 142 g/mol. The highest BCUT2D eigenvalue weighted by atomic mass is 16.5. The number of esters is 1. The van der Waals surface area contributed by atoms with Gasteiger partial charge in [-0.1, -0.05) is 0 Å². The van der Waals surface area contributed by atoms with Gasteiger partial charge in [0.2, 0.25) is 0 Å². The molecule has 0 fully saturated rings. The third-order valence-electron chi connectivity index (χ3n) is 0.854. The van der Waals surface area contributed by atoms with Crippen molar-refractivity contribution in [2.45, 2.75) is 20.8 Å². The molecule has 0 aliphatic rings. The van der Waals surface area contributed by atoms with Gasteiger partial charge < -0.3 is 4.74 Å². The van der Waals surface area contributed by atoms with E-state index in [0.29, 0.717) is 11.9 Å². The van der Waals surface area contributed by atoms with Crippen molar-refractivity contribution < 1.29 is 14.3 Å². The number of allylic oxidation sites excluding steroid dienone is 2. The molecule has 0 atom stereocenters. The Kier molecular flexibility index (Phi) is 3.39. The SMILES string of the molecule is CC(=O)OC(C=O)=C(C)C. The number of hydrogen-bond acceptors (Lipinski definition) is 3. The van der Waals surface area contributed by atoms with Gasteiger partial charge in [0.1, 0.15) is 0 Å². The summed E-state index contributed by atoms with van der Waals surface area (Å²) in [5.41, 5.74) is 0.699. The van der Waals surface area contributed by atoms with Crippen molar-refractivity contribution >= 4 is 12.3 Å². The molecule has 0 aliphatic carbocycles. The lowest BCUT2D eigenvalue weighted by Crippen LogP contribution is -2.01. The number of carbonyl (C=O) groups is 2. The summed E-state index contributed by atoms with van der Waals surface area (Å²) in [6.07, 6.45) is 0.525. The predicted molar refractivity (Wildman–Crippen MR) is 36.2 cm³/mol. The van der Waals surface area contributed by atoms with Gasteiger partial charge in [-0.3, -0.25) is 9.59 Å². The van der Waals surface area contributed by atoms with E-state index in [9.17, 15) is 9.59 Å². The molecule has 3 nitrogen and oxygen atoms in total. The second-order valence-electron chi connectivity index (χ2n) is 2.08. The van der Waals surface area contributed by atoms with Crippen LogP contribution in [0, 0.1) is 0 Å². The lowest BCUT2D eigenvalue weighted by atomic mass is 10.3. The van der Waals surface area contributed by atoms with Crippen LogP contribution in [0.2, 0.25) is 0 Å². The van der Waals surface area contributed by atoms with E-state index < -0.39 is 5.97 Å². The van der Waals surface area contributed by atoms with Gasteiger partial charge in [-0.05, 0) is 19.4 Å². The zero-order valence-electron chi connectivity index (χ0n) is 6.30. The maximum absolute atomic E-state index is 10.3. The summed E-state index contributed by atoms with van der Waals surface area (Å²) >= 11 is 0. The van der Waals surface area contributed by atoms with E-state index in [1.165, 1.54) is 6.92 Å². The molecule has 0 saturated carbocycles. The fraction of sp³-hybridized carbons (Fsp3) is 0.429. The van der Waals surface area contributed by atoms with Gasteiger partial charge in [0.05, 0.1) is 0 Å². The Morgan fingerprint density at radius 3 is 1.90 bits per heavy atom. The highest BCUT2D eigenvalue weighted by molar-refractivity contribution is 5.78. The van der Waals surface area contributed by atoms with Gasteiger partial charge in [0.15, 0.2) is 12.0 Å². The van der Waals surface area contributed by atoms with Crippen LogP contribution in [-0.2, 0) is 14.3 Å². The molecule has 0 aromatic heterocycles. The molecule has 0 spiro atoms. The first-order chi connectivity index (χ1) is 4.57. The van der Waals surface area contributed by atoms with Crippen LogP contribution in [0.3, 0.4) is 0 Å². The minimum atomic E-state index is -0.469. The lowest BCUT2D eigenvalue weighted by Gasteiger charge is -1.99. The van der Waals surface area contributed by atoms with Gasteiger partial charge in [-0.25, -0.2) is 0 Å². The van der Waals surface area contributed by atoms with Crippen LogP contribution in [0.4, 0.5) is 0 Å². The number of ether oxygens (including phenoxy) is 1. The summed E-state index contributed by atoms with van der Waals surface area (Å²) in [5, 5.41) is 0. The monoisotopic (exact) mass is 142 g/mol. The smallest absolute Gasteiger partial charge is 0.308 e. The van der Waals surface area contributed by atoms with E-state index in [2.05, 4.69) is 4.74 Å². The van der Waals surface area contributed by atoms with Crippen molar-refractivity contribution in [3.63, 3.8) is 0 Å². The summed E-state index contributed by atoms with van der Waals surface area (Å²) in [7, 11) is 0. The van der Waals surface area contributed by atoms with Crippen LogP contribution in [-0.4, -0.2) is 12.3 Å². The van der Waals surface area contributed by atoms with Crippen molar-refractivity contribution in [3.8, 4) is 0 Å². The fourth-order valence-electron chi connectivity index (χ4n) is 0.399. The van der Waals surface area contributed by atoms with E-state index >= 15 is 0 Å². The van der Waals surface area contributed by atoms with E-state index in [1.807, 2.05) is 0 Å². The predicted octanol–water partition coefficient (Wildman–Crippen LogP) is 1.04. The number of rotatable bonds is 2.